The van der Waals surface area contributed by atoms with Gasteiger partial charge in [-0.1, -0.05) is 91.9 Å². The SMILES string of the molecule is CCc1ccccc1C(c1ccccc1)(c1ccccc1)N1C(=O)CCC1=O. The van der Waals surface area contributed by atoms with Gasteiger partial charge in [0.25, 0.3) is 0 Å². The fraction of sp³-hybridized carbons (Fsp3) is 0.200. The van der Waals surface area contributed by atoms with Crippen molar-refractivity contribution in [2.45, 2.75) is 31.7 Å². The Labute approximate surface area is 165 Å². The Kier molecular flexibility index (Phi) is 4.82. The van der Waals surface area contributed by atoms with Crippen LogP contribution in [0.25, 0.3) is 0 Å². The molecule has 1 aliphatic heterocycles. The number of benzene rings is 3. The summed E-state index contributed by atoms with van der Waals surface area (Å²) in [6.07, 6.45) is 1.33. The van der Waals surface area contributed by atoms with E-state index in [2.05, 4.69) is 19.1 Å². The van der Waals surface area contributed by atoms with E-state index in [1.165, 1.54) is 4.90 Å². The lowest BCUT2D eigenvalue weighted by Crippen LogP contribution is -2.51. The van der Waals surface area contributed by atoms with Gasteiger partial charge in [-0.15, -0.1) is 0 Å². The molecule has 3 aromatic carbocycles. The van der Waals surface area contributed by atoms with Crippen molar-refractivity contribution in [1.82, 2.24) is 4.90 Å². The Bertz CT molecular complexity index is 940. The molecule has 0 spiro atoms. The lowest BCUT2D eigenvalue weighted by Gasteiger charge is -2.43. The Balaban J connectivity index is 2.15. The van der Waals surface area contributed by atoms with Gasteiger partial charge in [-0.25, -0.2) is 0 Å². The molecule has 1 heterocycles. The van der Waals surface area contributed by atoms with E-state index >= 15 is 0 Å². The summed E-state index contributed by atoms with van der Waals surface area (Å²) in [5.74, 6) is -0.243. The molecular weight excluding hydrogens is 346 g/mol. The number of amides is 2. The Morgan fingerprint density at radius 2 is 1.18 bits per heavy atom. The number of imide groups is 1. The van der Waals surface area contributed by atoms with Crippen LogP contribution in [0.2, 0.25) is 0 Å². The Morgan fingerprint density at radius 1 is 0.714 bits per heavy atom. The predicted molar refractivity (Wildman–Crippen MR) is 110 cm³/mol. The standard InChI is InChI=1S/C25H23NO2/c1-2-19-11-9-10-16-22(19)25(20-12-5-3-6-13-20,21-14-7-4-8-15-21)26-23(27)17-18-24(26)28/h3-16H,2,17-18H2,1H3. The maximum Gasteiger partial charge on any atom is 0.231 e. The van der Waals surface area contributed by atoms with Crippen LogP contribution in [-0.4, -0.2) is 16.7 Å². The number of hydrogen-bond donors (Lipinski definition) is 0. The van der Waals surface area contributed by atoms with Crippen LogP contribution in [0.1, 0.15) is 42.0 Å². The molecule has 0 saturated carbocycles. The van der Waals surface area contributed by atoms with Gasteiger partial charge in [-0.2, -0.15) is 0 Å². The van der Waals surface area contributed by atoms with Gasteiger partial charge in [0.15, 0.2) is 0 Å². The van der Waals surface area contributed by atoms with E-state index in [1.807, 2.05) is 72.8 Å². The highest BCUT2D eigenvalue weighted by atomic mass is 16.2. The zero-order chi connectivity index (χ0) is 19.6. The second-order valence-corrected chi connectivity index (χ2v) is 7.08. The van der Waals surface area contributed by atoms with Crippen LogP contribution in [0.4, 0.5) is 0 Å². The third-order valence-electron chi connectivity index (χ3n) is 5.56. The van der Waals surface area contributed by atoms with Gasteiger partial charge < -0.3 is 0 Å². The zero-order valence-corrected chi connectivity index (χ0v) is 16.0. The fourth-order valence-corrected chi connectivity index (χ4v) is 4.35. The van der Waals surface area contributed by atoms with Gasteiger partial charge >= 0.3 is 0 Å². The normalized spacial score (nSPS) is 14.5. The highest BCUT2D eigenvalue weighted by Crippen LogP contribution is 2.46. The fourth-order valence-electron chi connectivity index (χ4n) is 4.35. The molecule has 3 nitrogen and oxygen atoms in total. The van der Waals surface area contributed by atoms with Gasteiger partial charge in [0.1, 0.15) is 5.54 Å². The summed E-state index contributed by atoms with van der Waals surface area (Å²) in [6, 6.07) is 28.0. The van der Waals surface area contributed by atoms with Crippen LogP contribution >= 0.6 is 0 Å². The Hall–Kier alpha value is -3.20. The highest BCUT2D eigenvalue weighted by Gasteiger charge is 2.50. The third-order valence-corrected chi connectivity index (χ3v) is 5.56. The molecule has 0 unspecified atom stereocenters. The quantitative estimate of drug-likeness (QED) is 0.483. The largest absolute Gasteiger partial charge is 0.274 e. The molecule has 1 aliphatic rings. The van der Waals surface area contributed by atoms with Crippen molar-refractivity contribution in [1.29, 1.82) is 0 Å². The molecule has 3 aromatic rings. The second-order valence-electron chi connectivity index (χ2n) is 7.08. The first-order valence-corrected chi connectivity index (χ1v) is 9.75. The maximum absolute atomic E-state index is 13.1. The molecule has 0 N–H and O–H groups in total. The first-order valence-electron chi connectivity index (χ1n) is 9.75. The average molecular weight is 369 g/mol. The van der Waals surface area contributed by atoms with E-state index < -0.39 is 5.54 Å². The van der Waals surface area contributed by atoms with Crippen LogP contribution in [0, 0.1) is 0 Å². The number of carbonyl (C=O) groups excluding carboxylic acids is 2. The minimum atomic E-state index is -0.972. The van der Waals surface area contributed by atoms with Crippen molar-refractivity contribution in [3.8, 4) is 0 Å². The number of aryl methyl sites for hydroxylation is 1. The zero-order valence-electron chi connectivity index (χ0n) is 16.0. The summed E-state index contributed by atoms with van der Waals surface area (Å²) in [5.41, 5.74) is 2.98. The molecule has 3 heteroatoms. The predicted octanol–water partition coefficient (Wildman–Crippen LogP) is 4.69. The van der Waals surface area contributed by atoms with Crippen molar-refractivity contribution >= 4 is 11.8 Å². The summed E-state index contributed by atoms with van der Waals surface area (Å²) in [6.45, 7) is 2.10. The lowest BCUT2D eigenvalue weighted by atomic mass is 9.73. The molecule has 1 saturated heterocycles. The van der Waals surface area contributed by atoms with Crippen LogP contribution < -0.4 is 0 Å². The number of nitrogens with zero attached hydrogens (tertiary/aromatic N) is 1. The van der Waals surface area contributed by atoms with Gasteiger partial charge in [-0.05, 0) is 28.7 Å². The van der Waals surface area contributed by atoms with Gasteiger partial charge in [-0.3, -0.25) is 14.5 Å². The Morgan fingerprint density at radius 3 is 1.68 bits per heavy atom. The van der Waals surface area contributed by atoms with Crippen LogP contribution in [-0.2, 0) is 21.5 Å². The summed E-state index contributed by atoms with van der Waals surface area (Å²) in [5, 5.41) is 0. The van der Waals surface area contributed by atoms with Gasteiger partial charge in [0.2, 0.25) is 11.8 Å². The molecule has 0 radical (unpaired) electrons. The summed E-state index contributed by atoms with van der Waals surface area (Å²) in [4.78, 5) is 27.6. The molecular formula is C25H23NO2. The van der Waals surface area contributed by atoms with Crippen LogP contribution in [0.3, 0.4) is 0 Å². The van der Waals surface area contributed by atoms with Crippen molar-refractivity contribution in [3.63, 3.8) is 0 Å². The van der Waals surface area contributed by atoms with Crippen molar-refractivity contribution in [3.05, 3.63) is 107 Å². The van der Waals surface area contributed by atoms with E-state index in [-0.39, 0.29) is 24.7 Å². The van der Waals surface area contributed by atoms with E-state index in [9.17, 15) is 9.59 Å². The smallest absolute Gasteiger partial charge is 0.231 e. The first-order chi connectivity index (χ1) is 13.7. The molecule has 0 aromatic heterocycles. The van der Waals surface area contributed by atoms with Crippen molar-refractivity contribution < 1.29 is 9.59 Å². The van der Waals surface area contributed by atoms with E-state index in [4.69, 9.17) is 0 Å². The molecule has 1 fully saturated rings. The third kappa shape index (κ3) is 2.75. The minimum absolute atomic E-state index is 0.122. The number of carbonyl (C=O) groups is 2. The molecule has 140 valence electrons. The molecule has 28 heavy (non-hydrogen) atoms. The molecule has 0 aliphatic carbocycles. The summed E-state index contributed by atoms with van der Waals surface area (Å²) in [7, 11) is 0. The van der Waals surface area contributed by atoms with Crippen LogP contribution in [0.5, 0.6) is 0 Å². The summed E-state index contributed by atoms with van der Waals surface area (Å²) < 4.78 is 0. The topological polar surface area (TPSA) is 37.4 Å². The van der Waals surface area contributed by atoms with Gasteiger partial charge in [0.05, 0.1) is 0 Å². The summed E-state index contributed by atoms with van der Waals surface area (Å²) >= 11 is 0. The van der Waals surface area contributed by atoms with Crippen molar-refractivity contribution in [2.75, 3.05) is 0 Å². The first kappa shape index (κ1) is 18.2. The number of likely N-dealkylation sites (tertiary alicyclic amines) is 1. The van der Waals surface area contributed by atoms with Crippen molar-refractivity contribution in [2.24, 2.45) is 0 Å². The lowest BCUT2D eigenvalue weighted by molar-refractivity contribution is -0.143. The van der Waals surface area contributed by atoms with E-state index in [0.29, 0.717) is 0 Å². The monoisotopic (exact) mass is 369 g/mol. The van der Waals surface area contributed by atoms with Crippen LogP contribution in [0.15, 0.2) is 84.9 Å². The molecule has 0 atom stereocenters. The molecule has 2 amide bonds. The maximum atomic E-state index is 13.1. The van der Waals surface area contributed by atoms with E-state index in [1.54, 1.807) is 0 Å². The highest BCUT2D eigenvalue weighted by molar-refractivity contribution is 6.04. The molecule has 0 bridgehead atoms. The van der Waals surface area contributed by atoms with E-state index in [0.717, 1.165) is 28.7 Å². The van der Waals surface area contributed by atoms with Gasteiger partial charge in [0, 0.05) is 12.8 Å². The minimum Gasteiger partial charge on any atom is -0.274 e. The molecule has 4 rings (SSSR count). The second kappa shape index (κ2) is 7.43. The number of hydrogen-bond acceptors (Lipinski definition) is 2. The number of rotatable bonds is 5. The average Bonchev–Trinajstić information content (AvgIpc) is 3.09.